The van der Waals surface area contributed by atoms with Gasteiger partial charge in [0, 0.05) is 96.4 Å². The highest BCUT2D eigenvalue weighted by atomic mass is 35.5. The molecule has 0 aliphatic carbocycles. The highest BCUT2D eigenvalue weighted by molar-refractivity contribution is 7.93. The van der Waals surface area contributed by atoms with Crippen molar-refractivity contribution in [2.75, 3.05) is 115 Å². The number of nitrogens with one attached hydrogen (secondary N) is 4. The molecule has 9 heterocycles. The van der Waals surface area contributed by atoms with Crippen LogP contribution in [0.4, 0.5) is 45.5 Å². The number of nitriles is 1. The van der Waals surface area contributed by atoms with E-state index >= 15 is 0 Å². The first kappa shape index (κ1) is 97.3. The number of hydrogen-bond donors (Lipinski definition) is 4. The molecular weight excluding hydrogens is 1890 g/mol. The molecule has 31 nitrogen and oxygen atoms in total. The Kier molecular flexibility index (Phi) is 28.8. The Morgan fingerprint density at radius 1 is 0.340 bits per heavy atom. The van der Waals surface area contributed by atoms with Crippen molar-refractivity contribution in [1.82, 2.24) is 29.9 Å². The molecule has 0 atom stereocenters. The number of para-hydroxylation sites is 2. The highest BCUT2D eigenvalue weighted by Crippen LogP contribution is 2.38. The topological polar surface area (TPSA) is 404 Å². The molecule has 141 heavy (non-hydrogen) atoms. The Hall–Kier alpha value is -15.4. The van der Waals surface area contributed by atoms with Gasteiger partial charge in [-0.2, -0.15) is 5.26 Å². The minimum atomic E-state index is -3.54. The molecular formula is C105H92ClN15O16S4. The van der Waals surface area contributed by atoms with Crippen LogP contribution >= 0.6 is 11.6 Å². The van der Waals surface area contributed by atoms with Crippen LogP contribution in [0.2, 0.25) is 5.02 Å². The Morgan fingerprint density at radius 3 is 1.24 bits per heavy atom. The van der Waals surface area contributed by atoms with Gasteiger partial charge in [0.25, 0.3) is 23.6 Å². The number of sulfonamides is 4. The second-order valence-electron chi connectivity index (χ2n) is 33.5. The number of anilines is 8. The number of nitrogens with zero attached hydrogens (tertiary/aromatic N) is 11. The van der Waals surface area contributed by atoms with E-state index in [2.05, 4.69) is 46.2 Å². The number of aryl methyl sites for hydroxylation is 6. The average Bonchev–Trinajstić information content (AvgIpc) is 0.810. The first-order chi connectivity index (χ1) is 67.8. The zero-order valence-electron chi connectivity index (χ0n) is 77.0. The number of aromatic nitrogens is 6. The summed E-state index contributed by atoms with van der Waals surface area (Å²) in [5, 5.41) is 25.9. The molecule has 20 rings (SSSR count). The van der Waals surface area contributed by atoms with Crippen LogP contribution in [-0.4, -0.2) is 164 Å². The lowest BCUT2D eigenvalue weighted by molar-refractivity contribution is 0.101. The SMILES string of the molecule is Cc1cc(N2COCCS2(=O)=O)ccc1C(=O)Nc1ccc(C)c(-c2ccc3ccccc3n2)c1.Cc1cc(N2COCCS2(=O)=O)ccc1C(=O)Nc1ccc(C)c(-c2ncc3ccccc3n2)c1.Cc1cc(N2COCCS2(=O)=O)ccc1C(=O)Nc1ccc(Cl)c(-c2ccc3ncccc3n2)c1.Cc1ccc(NC(=O)c2ccc(N3COCCS3(=O)=O)cc2C#N)cc1-c1nccc2ccccc12. The normalized spacial score (nSPS) is 15.1. The summed E-state index contributed by atoms with van der Waals surface area (Å²) >= 11 is 6.44. The van der Waals surface area contributed by atoms with E-state index < -0.39 is 46.0 Å². The number of hydrogen-bond acceptors (Lipinski definition) is 23. The van der Waals surface area contributed by atoms with Crippen LogP contribution in [0.3, 0.4) is 0 Å². The summed E-state index contributed by atoms with van der Waals surface area (Å²) < 4.78 is 125. The summed E-state index contributed by atoms with van der Waals surface area (Å²) in [7, 11) is -13.8. The van der Waals surface area contributed by atoms with Gasteiger partial charge in [0.15, 0.2) is 5.82 Å². The van der Waals surface area contributed by atoms with Gasteiger partial charge in [-0.15, -0.1) is 0 Å². The van der Waals surface area contributed by atoms with E-state index in [-0.39, 0.29) is 111 Å². The molecule has 0 spiro atoms. The molecule has 714 valence electrons. The molecule has 4 aliphatic rings. The standard InChI is InChI=1S/C27H22N4O4S.C27H25N3O4S.C26H24N4O4S.C25H21ClN4O4S/c1-18-6-7-21(15-25(18)26-23-5-3-2-4-19(23)10-11-29-26)30-27(32)24-9-8-22(14-20(24)16-28)31-17-35-12-13-36(31,33)34;1-18-7-9-21(16-24(18)26-12-8-20-5-3-4-6-25(20)29-26)28-27(31)23-11-10-22(15-19(23)2)30-17-34-13-14-35(30,32)33;1-17-7-8-20(14-23(17)25-27-15-19-5-3-4-6-24(19)29-25)28-26(31)22-10-9-21(13-18(22)2)30-16-34-11-12-35(30,32)33;1-16-13-18(30-15-34-11-12-35(30,32)33)5-6-19(16)25(31)28-17-4-7-21(26)20(14-17)22-8-9-23-24(29-22)3-2-10-27-23/h2-11,14-15H,12-13,17H2,1H3,(H,30,32);3-12,15-16H,13-14,17H2,1-2H3,(H,28,31);3-10,13-15H,11-12,16H2,1-2H3,(H,28,31);2-10,13-14H,11-12,15H2,1H3,(H,28,31). The minimum absolute atomic E-state index is 0.0255. The van der Waals surface area contributed by atoms with Crippen molar-refractivity contribution in [3.8, 4) is 51.2 Å². The van der Waals surface area contributed by atoms with Crippen LogP contribution in [0.1, 0.15) is 80.4 Å². The van der Waals surface area contributed by atoms with Gasteiger partial charge < -0.3 is 40.2 Å². The fraction of sp³-hybridized carbons (Fsp3) is 0.171. The van der Waals surface area contributed by atoms with Gasteiger partial charge in [-0.05, 0) is 256 Å². The molecule has 0 saturated carbocycles. The third-order valence-electron chi connectivity index (χ3n) is 24.0. The number of carbonyl (C=O) groups excluding carboxylic acids is 4. The smallest absolute Gasteiger partial charge is 0.257 e. The predicted molar refractivity (Wildman–Crippen MR) is 548 cm³/mol. The summed E-state index contributed by atoms with van der Waals surface area (Å²) in [5.41, 5.74) is 19.6. The molecule has 5 aromatic heterocycles. The maximum Gasteiger partial charge on any atom is 0.257 e. The van der Waals surface area contributed by atoms with E-state index in [0.29, 0.717) is 95.3 Å². The summed E-state index contributed by atoms with van der Waals surface area (Å²) in [6, 6.07) is 80.3. The maximum absolute atomic E-state index is 13.1. The Bertz CT molecular complexity index is 7640. The minimum Gasteiger partial charge on any atom is -0.359 e. The molecule has 36 heteroatoms. The Labute approximate surface area is 819 Å². The largest absolute Gasteiger partial charge is 0.359 e. The van der Waals surface area contributed by atoms with Crippen molar-refractivity contribution < 1.29 is 71.8 Å². The third kappa shape index (κ3) is 22.0. The number of ether oxygens (including phenoxy) is 4. The van der Waals surface area contributed by atoms with Gasteiger partial charge in [0.2, 0.25) is 40.1 Å². The molecule has 4 N–H and O–H groups in total. The number of fused-ring (bicyclic) bond motifs is 4. The lowest BCUT2D eigenvalue weighted by Crippen LogP contribution is -2.41. The van der Waals surface area contributed by atoms with E-state index in [1.54, 1.807) is 118 Å². The van der Waals surface area contributed by atoms with E-state index in [1.807, 2.05) is 191 Å². The number of pyridine rings is 4. The van der Waals surface area contributed by atoms with E-state index in [1.165, 1.54) is 31.1 Å². The van der Waals surface area contributed by atoms with Gasteiger partial charge in [-0.1, -0.05) is 96.5 Å². The first-order valence-electron chi connectivity index (χ1n) is 44.5. The van der Waals surface area contributed by atoms with Crippen molar-refractivity contribution >= 4 is 164 Å². The van der Waals surface area contributed by atoms with Crippen LogP contribution in [-0.2, 0) is 59.0 Å². The number of rotatable bonds is 16. The van der Waals surface area contributed by atoms with Crippen molar-refractivity contribution in [1.29, 1.82) is 5.26 Å². The molecule has 11 aromatic carbocycles. The molecule has 16 aromatic rings. The number of halogens is 1. The summed E-state index contributed by atoms with van der Waals surface area (Å²) in [4.78, 5) is 79.8. The van der Waals surface area contributed by atoms with Crippen molar-refractivity contribution in [2.45, 2.75) is 41.5 Å². The van der Waals surface area contributed by atoms with Crippen LogP contribution in [0.15, 0.2) is 279 Å². The van der Waals surface area contributed by atoms with E-state index in [4.69, 9.17) is 35.5 Å². The van der Waals surface area contributed by atoms with Crippen LogP contribution < -0.4 is 38.5 Å². The number of amides is 4. The second kappa shape index (κ2) is 41.7. The molecule has 4 fully saturated rings. The highest BCUT2D eigenvalue weighted by Gasteiger charge is 2.33. The summed E-state index contributed by atoms with van der Waals surface area (Å²) in [6.45, 7) is 11.7. The summed E-state index contributed by atoms with van der Waals surface area (Å²) in [5.74, 6) is -1.11. The molecule has 0 bridgehead atoms. The van der Waals surface area contributed by atoms with Crippen LogP contribution in [0.5, 0.6) is 0 Å². The average molecular weight is 1980 g/mol. The monoisotopic (exact) mass is 1980 g/mol. The zero-order chi connectivity index (χ0) is 99.0. The lowest BCUT2D eigenvalue weighted by atomic mass is 9.99. The second-order valence-corrected chi connectivity index (χ2v) is 42.0. The fourth-order valence-corrected chi connectivity index (χ4v) is 21.4. The third-order valence-corrected chi connectivity index (χ3v) is 31.0. The van der Waals surface area contributed by atoms with Crippen molar-refractivity contribution in [3.63, 3.8) is 0 Å². The fourth-order valence-electron chi connectivity index (χ4n) is 16.3. The molecule has 4 saturated heterocycles. The quantitative estimate of drug-likeness (QED) is 0.0698. The van der Waals surface area contributed by atoms with Gasteiger partial charge in [-0.3, -0.25) is 29.1 Å². The molecule has 4 amide bonds. The van der Waals surface area contributed by atoms with Crippen LogP contribution in [0, 0.1) is 52.9 Å². The van der Waals surface area contributed by atoms with Gasteiger partial charge in [-0.25, -0.2) is 70.8 Å². The van der Waals surface area contributed by atoms with Crippen LogP contribution in [0.25, 0.3) is 88.8 Å². The summed E-state index contributed by atoms with van der Waals surface area (Å²) in [6.07, 6.45) is 5.26. The van der Waals surface area contributed by atoms with Crippen molar-refractivity contribution in [3.05, 3.63) is 346 Å². The lowest BCUT2D eigenvalue weighted by Gasteiger charge is -2.28. The Morgan fingerprint density at radius 2 is 0.738 bits per heavy atom. The van der Waals surface area contributed by atoms with E-state index in [9.17, 15) is 58.1 Å². The maximum atomic E-state index is 13.1. The van der Waals surface area contributed by atoms with Gasteiger partial charge in [0.1, 0.15) is 33.0 Å². The van der Waals surface area contributed by atoms with E-state index in [0.717, 1.165) is 92.7 Å². The van der Waals surface area contributed by atoms with Crippen molar-refractivity contribution in [2.24, 2.45) is 0 Å². The first-order valence-corrected chi connectivity index (χ1v) is 51.3. The molecule has 4 aliphatic heterocycles. The zero-order valence-corrected chi connectivity index (χ0v) is 81.0. The van der Waals surface area contributed by atoms with Gasteiger partial charge >= 0.3 is 0 Å². The number of carbonyl (C=O) groups is 4. The predicted octanol–water partition coefficient (Wildman–Crippen LogP) is 18.3. The van der Waals surface area contributed by atoms with Gasteiger partial charge in [0.05, 0.1) is 127 Å². The Balaban J connectivity index is 0.000000130. The molecule has 0 radical (unpaired) electrons. The molecule has 0 unspecified atom stereocenters. The number of benzene rings is 11.